The third-order valence-corrected chi connectivity index (χ3v) is 2.76. The molecule has 1 aliphatic carbocycles. The molecule has 0 aromatic heterocycles. The first-order chi connectivity index (χ1) is 6.89. The molecule has 0 N–H and O–H groups in total. The molecular weight excluding hydrogens is 219 g/mol. The molecule has 2 rings (SSSR count). The highest BCUT2D eigenvalue weighted by Gasteiger charge is 2.38. The molecule has 2 nitrogen and oxygen atoms in total. The SMILES string of the molecule is CC1(C)CC(=O)C2=C(F)CC(Cl)C=C2O1. The predicted octanol–water partition coefficient (Wildman–Crippen LogP) is 2.87. The number of ether oxygens (including phenoxy) is 1. The first-order valence-electron chi connectivity index (χ1n) is 4.86. The van der Waals surface area contributed by atoms with E-state index in [1.165, 1.54) is 0 Å². The predicted molar refractivity (Wildman–Crippen MR) is 55.3 cm³/mol. The Hall–Kier alpha value is -0.830. The molecule has 0 aromatic carbocycles. The first-order valence-corrected chi connectivity index (χ1v) is 5.30. The number of hydrogen-bond acceptors (Lipinski definition) is 2. The molecule has 1 saturated heterocycles. The first kappa shape index (κ1) is 10.7. The summed E-state index contributed by atoms with van der Waals surface area (Å²) in [5.74, 6) is -0.341. The fourth-order valence-corrected chi connectivity index (χ4v) is 2.15. The molecule has 1 fully saturated rings. The molecule has 0 amide bonds. The number of Topliss-reactive ketones (excluding diaryl/α,β-unsaturated/α-hetero) is 1. The van der Waals surface area contributed by atoms with Gasteiger partial charge in [0.2, 0.25) is 0 Å². The van der Waals surface area contributed by atoms with Crippen molar-refractivity contribution >= 4 is 17.4 Å². The number of allylic oxidation sites excluding steroid dienone is 3. The zero-order chi connectivity index (χ0) is 11.2. The summed E-state index contributed by atoms with van der Waals surface area (Å²) in [5, 5.41) is -0.426. The highest BCUT2D eigenvalue weighted by molar-refractivity contribution is 6.22. The summed E-state index contributed by atoms with van der Waals surface area (Å²) in [6, 6.07) is 0. The number of carbonyl (C=O) groups excluding carboxylic acids is 1. The van der Waals surface area contributed by atoms with Gasteiger partial charge in [0.15, 0.2) is 5.78 Å². The molecule has 4 heteroatoms. The maximum Gasteiger partial charge on any atom is 0.173 e. The molecule has 82 valence electrons. The minimum absolute atomic E-state index is 0.0793. The zero-order valence-corrected chi connectivity index (χ0v) is 9.40. The number of rotatable bonds is 0. The van der Waals surface area contributed by atoms with Gasteiger partial charge in [0.25, 0.3) is 0 Å². The summed E-state index contributed by atoms with van der Waals surface area (Å²) in [7, 11) is 0. The Labute approximate surface area is 92.7 Å². The van der Waals surface area contributed by atoms with Crippen LogP contribution in [0.5, 0.6) is 0 Å². The molecule has 0 saturated carbocycles. The second-order valence-corrected chi connectivity index (χ2v) is 5.05. The number of halogens is 2. The fourth-order valence-electron chi connectivity index (χ4n) is 1.90. The normalized spacial score (nSPS) is 29.5. The van der Waals surface area contributed by atoms with E-state index in [-0.39, 0.29) is 24.2 Å². The van der Waals surface area contributed by atoms with Crippen molar-refractivity contribution in [2.75, 3.05) is 0 Å². The molecule has 2 aliphatic rings. The molecule has 1 aliphatic heterocycles. The third kappa shape index (κ3) is 1.93. The van der Waals surface area contributed by atoms with Crippen molar-refractivity contribution in [3.8, 4) is 0 Å². The Morgan fingerprint density at radius 2 is 2.27 bits per heavy atom. The molecule has 0 bridgehead atoms. The van der Waals surface area contributed by atoms with E-state index >= 15 is 0 Å². The lowest BCUT2D eigenvalue weighted by molar-refractivity contribution is -0.124. The van der Waals surface area contributed by atoms with Crippen molar-refractivity contribution in [3.63, 3.8) is 0 Å². The van der Waals surface area contributed by atoms with E-state index in [4.69, 9.17) is 16.3 Å². The van der Waals surface area contributed by atoms with E-state index in [9.17, 15) is 9.18 Å². The Kier molecular flexibility index (Phi) is 2.38. The van der Waals surface area contributed by atoms with Gasteiger partial charge in [-0.15, -0.1) is 11.6 Å². The van der Waals surface area contributed by atoms with Crippen molar-refractivity contribution in [2.45, 2.75) is 37.7 Å². The Balaban J connectivity index is 2.42. The van der Waals surface area contributed by atoms with Gasteiger partial charge in [0, 0.05) is 6.42 Å². The van der Waals surface area contributed by atoms with E-state index in [2.05, 4.69) is 0 Å². The van der Waals surface area contributed by atoms with Crippen molar-refractivity contribution < 1.29 is 13.9 Å². The molecule has 15 heavy (non-hydrogen) atoms. The number of fused-ring (bicyclic) bond motifs is 1. The van der Waals surface area contributed by atoms with E-state index in [0.717, 1.165) is 0 Å². The maximum absolute atomic E-state index is 13.5. The lowest BCUT2D eigenvalue weighted by atomic mass is 9.88. The van der Waals surface area contributed by atoms with Crippen LogP contribution in [-0.2, 0) is 9.53 Å². The molecule has 0 spiro atoms. The van der Waals surface area contributed by atoms with Gasteiger partial charge >= 0.3 is 0 Å². The van der Waals surface area contributed by atoms with Gasteiger partial charge < -0.3 is 4.74 Å². The summed E-state index contributed by atoms with van der Waals surface area (Å²) in [4.78, 5) is 11.7. The Bertz CT molecular complexity index is 382. The second-order valence-electron chi connectivity index (χ2n) is 4.49. The summed E-state index contributed by atoms with van der Waals surface area (Å²) in [6.45, 7) is 3.61. The van der Waals surface area contributed by atoms with Gasteiger partial charge in [-0.1, -0.05) is 0 Å². The highest BCUT2D eigenvalue weighted by Crippen LogP contribution is 2.38. The van der Waals surface area contributed by atoms with Crippen LogP contribution in [-0.4, -0.2) is 16.8 Å². The average Bonchev–Trinajstić information content (AvgIpc) is 1.97. The summed E-state index contributed by atoms with van der Waals surface area (Å²) >= 11 is 5.83. The Morgan fingerprint density at radius 1 is 1.60 bits per heavy atom. The second kappa shape index (κ2) is 3.34. The number of ketones is 1. The van der Waals surface area contributed by atoms with Gasteiger partial charge in [0.1, 0.15) is 17.2 Å². The minimum atomic E-state index is -0.569. The van der Waals surface area contributed by atoms with E-state index in [1.54, 1.807) is 19.9 Å². The molecule has 1 heterocycles. The molecule has 0 radical (unpaired) electrons. The van der Waals surface area contributed by atoms with Crippen LogP contribution >= 0.6 is 11.6 Å². The largest absolute Gasteiger partial charge is 0.487 e. The fraction of sp³-hybridized carbons (Fsp3) is 0.545. The molecule has 1 atom stereocenters. The quantitative estimate of drug-likeness (QED) is 0.598. The van der Waals surface area contributed by atoms with Crippen LogP contribution in [0.4, 0.5) is 4.39 Å². The van der Waals surface area contributed by atoms with Crippen molar-refractivity contribution in [1.82, 2.24) is 0 Å². The topological polar surface area (TPSA) is 26.3 Å². The third-order valence-electron chi connectivity index (χ3n) is 2.48. The molecule has 1 unspecified atom stereocenters. The monoisotopic (exact) mass is 230 g/mol. The van der Waals surface area contributed by atoms with Gasteiger partial charge in [0.05, 0.1) is 17.4 Å². The number of alkyl halides is 1. The van der Waals surface area contributed by atoms with E-state index in [1.807, 2.05) is 0 Å². The number of carbonyl (C=O) groups is 1. The van der Waals surface area contributed by atoms with Gasteiger partial charge in [-0.05, 0) is 19.9 Å². The Morgan fingerprint density at radius 3 is 2.93 bits per heavy atom. The summed E-state index contributed by atoms with van der Waals surface area (Å²) in [6.07, 6.45) is 1.90. The van der Waals surface area contributed by atoms with Crippen LogP contribution in [0.3, 0.4) is 0 Å². The minimum Gasteiger partial charge on any atom is -0.487 e. The van der Waals surface area contributed by atoms with Crippen LogP contribution in [0.2, 0.25) is 0 Å². The maximum atomic E-state index is 13.5. The van der Waals surface area contributed by atoms with Crippen molar-refractivity contribution in [1.29, 1.82) is 0 Å². The van der Waals surface area contributed by atoms with Crippen LogP contribution in [0.25, 0.3) is 0 Å². The van der Waals surface area contributed by atoms with E-state index < -0.39 is 16.8 Å². The van der Waals surface area contributed by atoms with Crippen LogP contribution in [0.15, 0.2) is 23.2 Å². The lowest BCUT2D eigenvalue weighted by Gasteiger charge is -2.35. The van der Waals surface area contributed by atoms with Crippen LogP contribution in [0, 0.1) is 0 Å². The summed E-state index contributed by atoms with van der Waals surface area (Å²) in [5.41, 5.74) is -0.480. The standard InChI is InChI=1S/C11H12ClFO2/c1-11(2)5-8(14)10-7(13)3-6(12)4-9(10)15-11/h4,6H,3,5H2,1-2H3. The van der Waals surface area contributed by atoms with Gasteiger partial charge in [-0.3, -0.25) is 4.79 Å². The lowest BCUT2D eigenvalue weighted by Crippen LogP contribution is -2.36. The number of hydrogen-bond donors (Lipinski definition) is 0. The zero-order valence-electron chi connectivity index (χ0n) is 8.64. The van der Waals surface area contributed by atoms with Gasteiger partial charge in [-0.2, -0.15) is 0 Å². The van der Waals surface area contributed by atoms with Crippen LogP contribution in [0.1, 0.15) is 26.7 Å². The van der Waals surface area contributed by atoms with Crippen molar-refractivity contribution in [2.24, 2.45) is 0 Å². The van der Waals surface area contributed by atoms with Crippen LogP contribution < -0.4 is 0 Å². The average molecular weight is 231 g/mol. The van der Waals surface area contributed by atoms with E-state index in [0.29, 0.717) is 5.76 Å². The summed E-state index contributed by atoms with van der Waals surface area (Å²) < 4.78 is 19.1. The van der Waals surface area contributed by atoms with Crippen molar-refractivity contribution in [3.05, 3.63) is 23.2 Å². The molecular formula is C11H12ClFO2. The smallest absolute Gasteiger partial charge is 0.173 e. The molecule has 0 aromatic rings. The highest BCUT2D eigenvalue weighted by atomic mass is 35.5. The van der Waals surface area contributed by atoms with Gasteiger partial charge in [-0.25, -0.2) is 4.39 Å².